The Hall–Kier alpha value is -0.290. The Morgan fingerprint density at radius 2 is 1.87 bits per heavy atom. The molecule has 0 radical (unpaired) electrons. The van der Waals surface area contributed by atoms with Gasteiger partial charge in [0.15, 0.2) is 0 Å². The van der Waals surface area contributed by atoms with Gasteiger partial charge in [0, 0.05) is 13.2 Å². The van der Waals surface area contributed by atoms with Crippen molar-refractivity contribution in [2.45, 2.75) is 32.9 Å². The first-order valence-electron chi connectivity index (χ1n) is 5.27. The van der Waals surface area contributed by atoms with Crippen LogP contribution in [-0.4, -0.2) is 32.5 Å². The summed E-state index contributed by atoms with van der Waals surface area (Å²) in [6, 6.07) is 0. The van der Waals surface area contributed by atoms with Gasteiger partial charge in [-0.15, -0.1) is 0 Å². The Morgan fingerprint density at radius 3 is 2.40 bits per heavy atom. The first-order valence-corrected chi connectivity index (χ1v) is 5.27. The van der Waals surface area contributed by atoms with Crippen molar-refractivity contribution in [1.82, 2.24) is 5.32 Å². The zero-order valence-corrected chi connectivity index (χ0v) is 9.36. The van der Waals surface area contributed by atoms with Crippen molar-refractivity contribution in [1.29, 1.82) is 0 Å². The molecule has 0 saturated carbocycles. The van der Waals surface area contributed by atoms with Gasteiger partial charge < -0.3 is 10.1 Å². The summed E-state index contributed by atoms with van der Waals surface area (Å²) < 4.78 is 40.2. The van der Waals surface area contributed by atoms with Crippen LogP contribution >= 0.6 is 0 Å². The molecule has 2 nitrogen and oxygen atoms in total. The maximum absolute atomic E-state index is 11.7. The lowest BCUT2D eigenvalue weighted by Gasteiger charge is -2.09. The monoisotopic (exact) mass is 227 g/mol. The minimum absolute atomic E-state index is 0.251. The fourth-order valence-corrected chi connectivity index (χ4v) is 1.07. The Balaban J connectivity index is 3.06. The average Bonchev–Trinajstić information content (AvgIpc) is 2.07. The highest BCUT2D eigenvalue weighted by Crippen LogP contribution is 2.11. The Labute approximate surface area is 89.2 Å². The molecule has 0 unspecified atom stereocenters. The molecule has 0 rings (SSSR count). The summed E-state index contributed by atoms with van der Waals surface area (Å²) in [6.45, 7) is 4.54. The molecule has 0 fully saturated rings. The van der Waals surface area contributed by atoms with E-state index in [9.17, 15) is 13.2 Å². The van der Waals surface area contributed by atoms with E-state index in [-0.39, 0.29) is 6.54 Å². The van der Waals surface area contributed by atoms with Crippen molar-refractivity contribution in [3.05, 3.63) is 0 Å². The number of nitrogens with one attached hydrogen (secondary N) is 1. The molecule has 0 aromatic carbocycles. The fraction of sp³-hybridized carbons (Fsp3) is 1.00. The molecule has 15 heavy (non-hydrogen) atoms. The molecule has 0 saturated heterocycles. The third-order valence-corrected chi connectivity index (χ3v) is 1.82. The molecule has 0 spiro atoms. The summed E-state index contributed by atoms with van der Waals surface area (Å²) in [5.74, 6) is 0.650. The molecule has 0 aromatic rings. The van der Waals surface area contributed by atoms with Crippen molar-refractivity contribution in [2.75, 3.05) is 26.3 Å². The van der Waals surface area contributed by atoms with Crippen LogP contribution in [0.15, 0.2) is 0 Å². The van der Waals surface area contributed by atoms with Crippen LogP contribution in [0.4, 0.5) is 13.2 Å². The standard InChI is InChI=1S/C10H20F3NO/c1-9(2)4-3-6-15-7-5-14-8-10(11,12)13/h9,14H,3-8H2,1-2H3. The van der Waals surface area contributed by atoms with Gasteiger partial charge in [-0.1, -0.05) is 13.8 Å². The summed E-state index contributed by atoms with van der Waals surface area (Å²) in [7, 11) is 0. The minimum Gasteiger partial charge on any atom is -0.380 e. The predicted molar refractivity (Wildman–Crippen MR) is 53.8 cm³/mol. The molecule has 0 aliphatic rings. The van der Waals surface area contributed by atoms with Gasteiger partial charge in [-0.25, -0.2) is 0 Å². The molecule has 0 atom stereocenters. The second-order valence-corrected chi connectivity index (χ2v) is 3.94. The number of ether oxygens (including phenoxy) is 1. The summed E-state index contributed by atoms with van der Waals surface area (Å²) in [5.41, 5.74) is 0. The molecule has 5 heteroatoms. The van der Waals surface area contributed by atoms with E-state index in [2.05, 4.69) is 19.2 Å². The largest absolute Gasteiger partial charge is 0.401 e. The predicted octanol–water partition coefficient (Wildman–Crippen LogP) is 2.59. The van der Waals surface area contributed by atoms with Crippen molar-refractivity contribution in [3.63, 3.8) is 0 Å². The molecule has 0 aliphatic carbocycles. The lowest BCUT2D eigenvalue weighted by atomic mass is 10.1. The molecule has 0 bridgehead atoms. The zero-order chi connectivity index (χ0) is 11.7. The third kappa shape index (κ3) is 13.7. The number of hydrogen-bond donors (Lipinski definition) is 1. The van der Waals surface area contributed by atoms with Crippen molar-refractivity contribution >= 4 is 0 Å². The van der Waals surface area contributed by atoms with Crippen LogP contribution in [-0.2, 0) is 4.74 Å². The molecule has 1 N–H and O–H groups in total. The normalized spacial score (nSPS) is 12.4. The molecule has 0 aliphatic heterocycles. The maximum Gasteiger partial charge on any atom is 0.401 e. The van der Waals surface area contributed by atoms with Crippen LogP contribution in [0.3, 0.4) is 0 Å². The Bertz CT molecular complexity index is 148. The van der Waals surface area contributed by atoms with Crippen molar-refractivity contribution in [3.8, 4) is 0 Å². The highest BCUT2D eigenvalue weighted by atomic mass is 19.4. The molecule has 0 amide bonds. The van der Waals surface area contributed by atoms with E-state index < -0.39 is 12.7 Å². The topological polar surface area (TPSA) is 21.3 Å². The third-order valence-electron chi connectivity index (χ3n) is 1.82. The molecule has 92 valence electrons. The SMILES string of the molecule is CC(C)CCCOCCNCC(F)(F)F. The van der Waals surface area contributed by atoms with E-state index in [4.69, 9.17) is 4.74 Å². The Morgan fingerprint density at radius 1 is 1.20 bits per heavy atom. The van der Waals surface area contributed by atoms with Gasteiger partial charge in [-0.05, 0) is 18.8 Å². The Kier molecular flexibility index (Phi) is 7.78. The van der Waals surface area contributed by atoms with Crippen LogP contribution < -0.4 is 5.32 Å². The highest BCUT2D eigenvalue weighted by Gasteiger charge is 2.25. The van der Waals surface area contributed by atoms with E-state index in [1.54, 1.807) is 0 Å². The van der Waals surface area contributed by atoms with Gasteiger partial charge in [-0.2, -0.15) is 13.2 Å². The van der Waals surface area contributed by atoms with Gasteiger partial charge in [-0.3, -0.25) is 0 Å². The lowest BCUT2D eigenvalue weighted by molar-refractivity contribution is -0.125. The number of halogens is 3. The number of hydrogen-bond acceptors (Lipinski definition) is 2. The average molecular weight is 227 g/mol. The van der Waals surface area contributed by atoms with E-state index in [0.717, 1.165) is 12.8 Å². The van der Waals surface area contributed by atoms with Crippen molar-refractivity contribution < 1.29 is 17.9 Å². The van der Waals surface area contributed by atoms with Gasteiger partial charge in [0.25, 0.3) is 0 Å². The van der Waals surface area contributed by atoms with Crippen LogP contribution in [0.25, 0.3) is 0 Å². The number of alkyl halides is 3. The second kappa shape index (κ2) is 7.93. The summed E-state index contributed by atoms with van der Waals surface area (Å²) in [6.07, 6.45) is -2.06. The van der Waals surface area contributed by atoms with E-state index >= 15 is 0 Å². The van der Waals surface area contributed by atoms with Gasteiger partial charge >= 0.3 is 6.18 Å². The molecular formula is C10H20F3NO. The fourth-order valence-electron chi connectivity index (χ4n) is 1.07. The molecular weight excluding hydrogens is 207 g/mol. The van der Waals surface area contributed by atoms with E-state index in [1.807, 2.05) is 0 Å². The molecule has 0 aromatic heterocycles. The smallest absolute Gasteiger partial charge is 0.380 e. The summed E-state index contributed by atoms with van der Waals surface area (Å²) >= 11 is 0. The number of rotatable bonds is 8. The van der Waals surface area contributed by atoms with Gasteiger partial charge in [0.1, 0.15) is 0 Å². The van der Waals surface area contributed by atoms with Gasteiger partial charge in [0.05, 0.1) is 13.2 Å². The van der Waals surface area contributed by atoms with E-state index in [0.29, 0.717) is 19.1 Å². The highest BCUT2D eigenvalue weighted by molar-refractivity contribution is 4.54. The van der Waals surface area contributed by atoms with Gasteiger partial charge in [0.2, 0.25) is 0 Å². The van der Waals surface area contributed by atoms with Crippen LogP contribution in [0.2, 0.25) is 0 Å². The zero-order valence-electron chi connectivity index (χ0n) is 9.36. The summed E-state index contributed by atoms with van der Waals surface area (Å²) in [4.78, 5) is 0. The second-order valence-electron chi connectivity index (χ2n) is 3.94. The van der Waals surface area contributed by atoms with Crippen LogP contribution in [0, 0.1) is 5.92 Å². The van der Waals surface area contributed by atoms with E-state index in [1.165, 1.54) is 0 Å². The van der Waals surface area contributed by atoms with Crippen LogP contribution in [0.5, 0.6) is 0 Å². The van der Waals surface area contributed by atoms with Crippen molar-refractivity contribution in [2.24, 2.45) is 5.92 Å². The van der Waals surface area contributed by atoms with Crippen LogP contribution in [0.1, 0.15) is 26.7 Å². The maximum atomic E-state index is 11.7. The molecule has 0 heterocycles. The quantitative estimate of drug-likeness (QED) is 0.643. The first-order chi connectivity index (χ1) is 6.92. The summed E-state index contributed by atoms with van der Waals surface area (Å²) in [5, 5.41) is 2.28. The first kappa shape index (κ1) is 14.7. The minimum atomic E-state index is -4.13. The lowest BCUT2D eigenvalue weighted by Crippen LogP contribution is -2.31.